The third-order valence-electron chi connectivity index (χ3n) is 2.34. The van der Waals surface area contributed by atoms with Crippen molar-refractivity contribution in [3.63, 3.8) is 0 Å². The van der Waals surface area contributed by atoms with Crippen molar-refractivity contribution in [3.8, 4) is 0 Å². The summed E-state index contributed by atoms with van der Waals surface area (Å²) in [4.78, 5) is 20.3. The van der Waals surface area contributed by atoms with E-state index in [4.69, 9.17) is 11.6 Å². The molecule has 0 aliphatic carbocycles. The summed E-state index contributed by atoms with van der Waals surface area (Å²) in [7, 11) is 0. The van der Waals surface area contributed by atoms with Crippen LogP contribution in [0.1, 0.15) is 24.0 Å². The summed E-state index contributed by atoms with van der Waals surface area (Å²) in [5, 5.41) is 3.25. The molecule has 2 aromatic heterocycles. The SMILES string of the molecule is CCCc1nc(Cn2cnc(Cl)c(Br)c2=O)cs1. The second-order valence-electron chi connectivity index (χ2n) is 3.76. The summed E-state index contributed by atoms with van der Waals surface area (Å²) in [5.74, 6) is 0. The molecule has 0 aromatic carbocycles. The number of hydrogen-bond acceptors (Lipinski definition) is 4. The fourth-order valence-corrected chi connectivity index (χ4v) is 2.83. The quantitative estimate of drug-likeness (QED) is 0.798. The molecule has 96 valence electrons. The van der Waals surface area contributed by atoms with Crippen molar-refractivity contribution in [3.05, 3.63) is 42.4 Å². The summed E-state index contributed by atoms with van der Waals surface area (Å²) < 4.78 is 1.77. The molecule has 0 radical (unpaired) electrons. The Hall–Kier alpha value is -0.720. The first kappa shape index (κ1) is 13.7. The molecule has 0 saturated carbocycles. The number of aromatic nitrogens is 3. The molecular weight excluding hydrogens is 338 g/mol. The maximum absolute atomic E-state index is 11.9. The lowest BCUT2D eigenvalue weighted by Gasteiger charge is -2.03. The predicted molar refractivity (Wildman–Crippen MR) is 76.4 cm³/mol. The van der Waals surface area contributed by atoms with Crippen LogP contribution in [0.15, 0.2) is 21.0 Å². The average Bonchev–Trinajstić information content (AvgIpc) is 2.78. The Labute approximate surface area is 122 Å². The molecule has 0 aliphatic heterocycles. The Morgan fingerprint density at radius 2 is 2.33 bits per heavy atom. The van der Waals surface area contributed by atoms with E-state index < -0.39 is 0 Å². The molecule has 0 spiro atoms. The normalized spacial score (nSPS) is 10.8. The van der Waals surface area contributed by atoms with Crippen LogP contribution in [-0.2, 0) is 13.0 Å². The fourth-order valence-electron chi connectivity index (χ4n) is 1.48. The van der Waals surface area contributed by atoms with Crippen LogP contribution < -0.4 is 5.56 Å². The second-order valence-corrected chi connectivity index (χ2v) is 5.86. The molecule has 0 fully saturated rings. The smallest absolute Gasteiger partial charge is 0.269 e. The van der Waals surface area contributed by atoms with Crippen LogP contribution in [0.5, 0.6) is 0 Å². The molecule has 2 heterocycles. The van der Waals surface area contributed by atoms with Gasteiger partial charge >= 0.3 is 0 Å². The molecule has 2 rings (SSSR count). The van der Waals surface area contributed by atoms with E-state index in [-0.39, 0.29) is 15.2 Å². The van der Waals surface area contributed by atoms with E-state index in [0.717, 1.165) is 23.5 Å². The van der Waals surface area contributed by atoms with Crippen molar-refractivity contribution >= 4 is 38.9 Å². The zero-order chi connectivity index (χ0) is 13.1. The van der Waals surface area contributed by atoms with E-state index >= 15 is 0 Å². The zero-order valence-electron chi connectivity index (χ0n) is 9.69. The van der Waals surface area contributed by atoms with E-state index in [2.05, 4.69) is 32.8 Å². The maximum atomic E-state index is 11.9. The van der Waals surface area contributed by atoms with Crippen molar-refractivity contribution in [2.45, 2.75) is 26.3 Å². The average molecular weight is 349 g/mol. The van der Waals surface area contributed by atoms with Gasteiger partial charge in [-0.1, -0.05) is 18.5 Å². The third kappa shape index (κ3) is 2.99. The highest BCUT2D eigenvalue weighted by Gasteiger charge is 2.09. The van der Waals surface area contributed by atoms with Crippen LogP contribution in [-0.4, -0.2) is 14.5 Å². The van der Waals surface area contributed by atoms with Crippen molar-refractivity contribution in [1.82, 2.24) is 14.5 Å². The van der Waals surface area contributed by atoms with Crippen LogP contribution >= 0.6 is 38.9 Å². The van der Waals surface area contributed by atoms with Crippen LogP contribution in [0.2, 0.25) is 5.15 Å². The van der Waals surface area contributed by atoms with Gasteiger partial charge in [0, 0.05) is 5.38 Å². The van der Waals surface area contributed by atoms with E-state index in [1.807, 2.05) is 5.38 Å². The van der Waals surface area contributed by atoms with Gasteiger partial charge in [-0.2, -0.15) is 0 Å². The largest absolute Gasteiger partial charge is 0.292 e. The van der Waals surface area contributed by atoms with Gasteiger partial charge in [-0.05, 0) is 28.8 Å². The Morgan fingerprint density at radius 3 is 3.06 bits per heavy atom. The number of thiazole rings is 1. The molecule has 0 aliphatic rings. The minimum atomic E-state index is -0.194. The van der Waals surface area contributed by atoms with E-state index in [1.54, 1.807) is 11.3 Å². The number of halogens is 2. The van der Waals surface area contributed by atoms with Crippen molar-refractivity contribution in [2.24, 2.45) is 0 Å². The molecule has 0 N–H and O–H groups in total. The fraction of sp³-hybridized carbons (Fsp3) is 0.364. The van der Waals surface area contributed by atoms with Crippen molar-refractivity contribution in [2.75, 3.05) is 0 Å². The van der Waals surface area contributed by atoms with E-state index in [9.17, 15) is 4.79 Å². The second kappa shape index (κ2) is 5.95. The lowest BCUT2D eigenvalue weighted by molar-refractivity contribution is 0.714. The minimum Gasteiger partial charge on any atom is -0.292 e. The third-order valence-corrected chi connectivity index (χ3v) is 4.52. The van der Waals surface area contributed by atoms with Gasteiger partial charge in [0.1, 0.15) is 4.47 Å². The lowest BCUT2D eigenvalue weighted by atomic mass is 10.3. The van der Waals surface area contributed by atoms with Gasteiger partial charge in [-0.25, -0.2) is 9.97 Å². The van der Waals surface area contributed by atoms with Gasteiger partial charge < -0.3 is 0 Å². The first-order valence-corrected chi connectivity index (χ1v) is 7.50. The molecule has 0 unspecified atom stereocenters. The molecular formula is C11H11BrClN3OS. The monoisotopic (exact) mass is 347 g/mol. The van der Waals surface area contributed by atoms with Crippen LogP contribution in [0, 0.1) is 0 Å². The van der Waals surface area contributed by atoms with Gasteiger partial charge in [0.2, 0.25) is 0 Å². The molecule has 0 bridgehead atoms. The Morgan fingerprint density at radius 1 is 1.56 bits per heavy atom. The van der Waals surface area contributed by atoms with Crippen molar-refractivity contribution < 1.29 is 0 Å². The van der Waals surface area contributed by atoms with Crippen LogP contribution in [0.3, 0.4) is 0 Å². The summed E-state index contributed by atoms with van der Waals surface area (Å²) >= 11 is 10.5. The van der Waals surface area contributed by atoms with E-state index in [1.165, 1.54) is 10.9 Å². The maximum Gasteiger partial charge on any atom is 0.269 e. The van der Waals surface area contributed by atoms with Crippen molar-refractivity contribution in [1.29, 1.82) is 0 Å². The summed E-state index contributed by atoms with van der Waals surface area (Å²) in [6, 6.07) is 0. The Kier molecular flexibility index (Phi) is 4.53. The Bertz CT molecular complexity index is 611. The molecule has 7 heteroatoms. The standard InChI is InChI=1S/C11H11BrClN3OS/c1-2-3-8-15-7(5-18-8)4-16-6-14-10(13)9(12)11(16)17/h5-6H,2-4H2,1H3. The molecule has 18 heavy (non-hydrogen) atoms. The van der Waals surface area contributed by atoms with Crippen LogP contribution in [0.25, 0.3) is 0 Å². The van der Waals surface area contributed by atoms with Gasteiger partial charge in [0.05, 0.1) is 23.6 Å². The summed E-state index contributed by atoms with van der Waals surface area (Å²) in [6.45, 7) is 2.54. The molecule has 0 atom stereocenters. The Balaban J connectivity index is 2.23. The highest BCUT2D eigenvalue weighted by Crippen LogP contribution is 2.15. The summed E-state index contributed by atoms with van der Waals surface area (Å²) in [5.41, 5.74) is 0.682. The van der Waals surface area contributed by atoms with E-state index in [0.29, 0.717) is 6.54 Å². The topological polar surface area (TPSA) is 47.8 Å². The molecule has 2 aromatic rings. The molecule has 0 amide bonds. The van der Waals surface area contributed by atoms with Gasteiger partial charge in [0.15, 0.2) is 5.15 Å². The van der Waals surface area contributed by atoms with Gasteiger partial charge in [-0.3, -0.25) is 9.36 Å². The van der Waals surface area contributed by atoms with Gasteiger partial charge in [0.25, 0.3) is 5.56 Å². The van der Waals surface area contributed by atoms with Crippen LogP contribution in [0.4, 0.5) is 0 Å². The first-order valence-electron chi connectivity index (χ1n) is 5.45. The lowest BCUT2D eigenvalue weighted by Crippen LogP contribution is -2.22. The first-order chi connectivity index (χ1) is 8.61. The number of nitrogens with zero attached hydrogens (tertiary/aromatic N) is 3. The number of aryl methyl sites for hydroxylation is 1. The summed E-state index contributed by atoms with van der Waals surface area (Å²) in [6.07, 6.45) is 3.48. The molecule has 0 saturated heterocycles. The molecule has 4 nitrogen and oxygen atoms in total. The predicted octanol–water partition coefficient (Wildman–Crippen LogP) is 3.12. The highest BCUT2D eigenvalue weighted by molar-refractivity contribution is 9.10. The number of rotatable bonds is 4. The highest BCUT2D eigenvalue weighted by atomic mass is 79.9. The number of hydrogen-bond donors (Lipinski definition) is 0. The zero-order valence-corrected chi connectivity index (χ0v) is 12.8. The minimum absolute atomic E-state index is 0.182. The van der Waals surface area contributed by atoms with Gasteiger partial charge in [-0.15, -0.1) is 11.3 Å².